The molecular formula is C22H23N3O2. The number of rotatable bonds is 4. The molecule has 2 atom stereocenters. The van der Waals surface area contributed by atoms with Gasteiger partial charge in [-0.15, -0.1) is 0 Å². The number of ether oxygens (including phenoxy) is 1. The summed E-state index contributed by atoms with van der Waals surface area (Å²) in [6.07, 6.45) is 1.94. The van der Waals surface area contributed by atoms with E-state index in [9.17, 15) is 10.1 Å². The van der Waals surface area contributed by atoms with Crippen LogP contribution in [0.25, 0.3) is 0 Å². The number of hydrogen-bond donors (Lipinski definition) is 1. The van der Waals surface area contributed by atoms with E-state index >= 15 is 0 Å². The highest BCUT2D eigenvalue weighted by molar-refractivity contribution is 5.82. The molecule has 0 bridgehead atoms. The van der Waals surface area contributed by atoms with Crippen LogP contribution in [0, 0.1) is 11.3 Å². The highest BCUT2D eigenvalue weighted by Gasteiger charge is 2.32. The molecule has 0 unspecified atom stereocenters. The molecule has 0 saturated carbocycles. The Morgan fingerprint density at radius 2 is 2.04 bits per heavy atom. The van der Waals surface area contributed by atoms with Gasteiger partial charge in [-0.25, -0.2) is 0 Å². The minimum atomic E-state index is -0.335. The standard InChI is InChI=1S/C22H23N3O2/c23-13-17-6-1-2-7-18(17)14-25-11-12-27-15-21(25)22(26)24-20-10-9-16-5-3-4-8-19(16)20/h1-8,20-21H,9-12,14-15H2,(H,24,26)/t20-,21-/m1/s1. The lowest BCUT2D eigenvalue weighted by Gasteiger charge is -2.35. The second-order valence-electron chi connectivity index (χ2n) is 7.13. The van der Waals surface area contributed by atoms with Crippen molar-refractivity contribution < 1.29 is 9.53 Å². The number of hydrogen-bond acceptors (Lipinski definition) is 4. The van der Waals surface area contributed by atoms with Crippen LogP contribution < -0.4 is 5.32 Å². The van der Waals surface area contributed by atoms with Crippen molar-refractivity contribution in [3.63, 3.8) is 0 Å². The number of nitrogens with one attached hydrogen (secondary N) is 1. The highest BCUT2D eigenvalue weighted by Crippen LogP contribution is 2.31. The Hall–Kier alpha value is -2.68. The van der Waals surface area contributed by atoms with Gasteiger partial charge in [-0.2, -0.15) is 5.26 Å². The maximum absolute atomic E-state index is 13.0. The van der Waals surface area contributed by atoms with Gasteiger partial charge >= 0.3 is 0 Å². The van der Waals surface area contributed by atoms with E-state index in [1.807, 2.05) is 36.4 Å². The summed E-state index contributed by atoms with van der Waals surface area (Å²) in [4.78, 5) is 15.1. The summed E-state index contributed by atoms with van der Waals surface area (Å²) in [6, 6.07) is 17.9. The van der Waals surface area contributed by atoms with Crippen molar-refractivity contribution in [2.24, 2.45) is 0 Å². The van der Waals surface area contributed by atoms with Crippen LogP contribution in [-0.4, -0.2) is 36.6 Å². The SMILES string of the molecule is N#Cc1ccccc1CN1CCOC[C@@H]1C(=O)N[C@@H]1CCc2ccccc21. The van der Waals surface area contributed by atoms with E-state index in [2.05, 4.69) is 28.4 Å². The molecule has 1 heterocycles. The van der Waals surface area contributed by atoms with Crippen LogP contribution in [0.5, 0.6) is 0 Å². The summed E-state index contributed by atoms with van der Waals surface area (Å²) in [5, 5.41) is 12.6. The number of aryl methyl sites for hydroxylation is 1. The number of morpholine rings is 1. The molecule has 1 aliphatic carbocycles. The Bertz CT molecular complexity index is 874. The fourth-order valence-electron chi connectivity index (χ4n) is 4.03. The third-order valence-electron chi connectivity index (χ3n) is 5.50. The molecule has 2 aromatic rings. The molecule has 1 saturated heterocycles. The summed E-state index contributed by atoms with van der Waals surface area (Å²) >= 11 is 0. The molecule has 27 heavy (non-hydrogen) atoms. The molecule has 1 N–H and O–H groups in total. The summed E-state index contributed by atoms with van der Waals surface area (Å²) in [5.74, 6) is 0.00541. The molecule has 0 radical (unpaired) electrons. The van der Waals surface area contributed by atoms with E-state index in [0.717, 1.165) is 18.4 Å². The lowest BCUT2D eigenvalue weighted by Crippen LogP contribution is -2.53. The first kappa shape index (κ1) is 17.7. The fourth-order valence-corrected chi connectivity index (χ4v) is 4.03. The average molecular weight is 361 g/mol. The normalized spacial score (nSPS) is 22.0. The van der Waals surface area contributed by atoms with Crippen molar-refractivity contribution in [3.05, 3.63) is 70.8 Å². The van der Waals surface area contributed by atoms with E-state index < -0.39 is 0 Å². The van der Waals surface area contributed by atoms with E-state index in [-0.39, 0.29) is 18.0 Å². The predicted molar refractivity (Wildman–Crippen MR) is 102 cm³/mol. The quantitative estimate of drug-likeness (QED) is 0.909. The van der Waals surface area contributed by atoms with E-state index in [4.69, 9.17) is 4.74 Å². The third kappa shape index (κ3) is 3.73. The highest BCUT2D eigenvalue weighted by atomic mass is 16.5. The molecule has 1 fully saturated rings. The van der Waals surface area contributed by atoms with Crippen molar-refractivity contribution in [2.45, 2.75) is 31.5 Å². The maximum Gasteiger partial charge on any atom is 0.240 e. The van der Waals surface area contributed by atoms with Crippen molar-refractivity contribution in [1.82, 2.24) is 10.2 Å². The molecule has 0 aromatic heterocycles. The van der Waals surface area contributed by atoms with Gasteiger partial charge in [-0.1, -0.05) is 42.5 Å². The largest absolute Gasteiger partial charge is 0.378 e. The van der Waals surface area contributed by atoms with Gasteiger partial charge in [-0.05, 0) is 35.6 Å². The van der Waals surface area contributed by atoms with Crippen LogP contribution in [0.3, 0.4) is 0 Å². The number of nitriles is 1. The van der Waals surface area contributed by atoms with Gasteiger partial charge in [-0.3, -0.25) is 9.69 Å². The molecule has 0 spiro atoms. The smallest absolute Gasteiger partial charge is 0.240 e. The molecule has 1 aliphatic heterocycles. The van der Waals surface area contributed by atoms with Crippen molar-refractivity contribution in [2.75, 3.05) is 19.8 Å². The molecular weight excluding hydrogens is 338 g/mol. The molecule has 1 amide bonds. The Morgan fingerprint density at radius 1 is 1.22 bits per heavy atom. The molecule has 4 rings (SSSR count). The number of amides is 1. The van der Waals surface area contributed by atoms with Crippen molar-refractivity contribution in [3.8, 4) is 6.07 Å². The van der Waals surface area contributed by atoms with Crippen molar-refractivity contribution >= 4 is 5.91 Å². The maximum atomic E-state index is 13.0. The van der Waals surface area contributed by atoms with Crippen LogP contribution in [-0.2, 0) is 22.5 Å². The average Bonchev–Trinajstić information content (AvgIpc) is 3.12. The monoisotopic (exact) mass is 361 g/mol. The number of fused-ring (bicyclic) bond motifs is 1. The first-order chi connectivity index (χ1) is 13.3. The third-order valence-corrected chi connectivity index (χ3v) is 5.50. The van der Waals surface area contributed by atoms with Crippen LogP contribution in [0.2, 0.25) is 0 Å². The minimum Gasteiger partial charge on any atom is -0.378 e. The van der Waals surface area contributed by atoms with E-state index in [1.54, 1.807) is 0 Å². The Labute approximate surface area is 159 Å². The second-order valence-corrected chi connectivity index (χ2v) is 7.13. The number of nitrogens with zero attached hydrogens (tertiary/aromatic N) is 2. The minimum absolute atomic E-state index is 0.00541. The van der Waals surface area contributed by atoms with Gasteiger partial charge in [0, 0.05) is 13.1 Å². The van der Waals surface area contributed by atoms with E-state index in [1.165, 1.54) is 11.1 Å². The zero-order chi connectivity index (χ0) is 18.6. The van der Waals surface area contributed by atoms with Crippen LogP contribution in [0.15, 0.2) is 48.5 Å². The summed E-state index contributed by atoms with van der Waals surface area (Å²) in [7, 11) is 0. The fraction of sp³-hybridized carbons (Fsp3) is 0.364. The van der Waals surface area contributed by atoms with Gasteiger partial charge < -0.3 is 10.1 Å². The van der Waals surface area contributed by atoms with Gasteiger partial charge in [0.25, 0.3) is 0 Å². The van der Waals surface area contributed by atoms with Gasteiger partial charge in [0.05, 0.1) is 30.9 Å². The Morgan fingerprint density at radius 3 is 2.93 bits per heavy atom. The lowest BCUT2D eigenvalue weighted by atomic mass is 10.1. The van der Waals surface area contributed by atoms with Crippen molar-refractivity contribution in [1.29, 1.82) is 5.26 Å². The van der Waals surface area contributed by atoms with Gasteiger partial charge in [0.2, 0.25) is 5.91 Å². The van der Waals surface area contributed by atoms with Crippen LogP contribution in [0.4, 0.5) is 0 Å². The first-order valence-corrected chi connectivity index (χ1v) is 9.44. The second kappa shape index (κ2) is 7.91. The Balaban J connectivity index is 1.48. The van der Waals surface area contributed by atoms with E-state index in [0.29, 0.717) is 31.9 Å². The summed E-state index contributed by atoms with van der Waals surface area (Å²) in [5.41, 5.74) is 4.16. The predicted octanol–water partition coefficient (Wildman–Crippen LogP) is 2.56. The van der Waals surface area contributed by atoms with Gasteiger partial charge in [0.15, 0.2) is 0 Å². The molecule has 138 valence electrons. The molecule has 2 aliphatic rings. The number of carbonyl (C=O) groups excluding carboxylic acids is 1. The lowest BCUT2D eigenvalue weighted by molar-refractivity contribution is -0.133. The zero-order valence-corrected chi connectivity index (χ0v) is 15.2. The van der Waals surface area contributed by atoms with Crippen LogP contribution in [0.1, 0.15) is 34.7 Å². The number of carbonyl (C=O) groups is 1. The van der Waals surface area contributed by atoms with Crippen LogP contribution >= 0.6 is 0 Å². The van der Waals surface area contributed by atoms with Gasteiger partial charge in [0.1, 0.15) is 6.04 Å². The summed E-state index contributed by atoms with van der Waals surface area (Å²) in [6.45, 7) is 2.24. The topological polar surface area (TPSA) is 65.4 Å². The first-order valence-electron chi connectivity index (χ1n) is 9.44. The zero-order valence-electron chi connectivity index (χ0n) is 15.2. The number of benzene rings is 2. The molecule has 2 aromatic carbocycles. The molecule has 5 heteroatoms. The summed E-state index contributed by atoms with van der Waals surface area (Å²) < 4.78 is 5.59. The Kier molecular flexibility index (Phi) is 5.19. The molecule has 5 nitrogen and oxygen atoms in total.